The molecule has 4 aromatic rings. The number of halogens is 3. The molecule has 1 N–H and O–H groups in total. The van der Waals surface area contributed by atoms with Gasteiger partial charge in [-0.1, -0.05) is 0 Å². The predicted octanol–water partition coefficient (Wildman–Crippen LogP) is 5.33. The van der Waals surface area contributed by atoms with Gasteiger partial charge in [0.05, 0.1) is 12.8 Å². The highest BCUT2D eigenvalue weighted by Crippen LogP contribution is 2.29. The number of nitrogens with one attached hydrogen (secondary N) is 1. The van der Waals surface area contributed by atoms with Gasteiger partial charge in [0.25, 0.3) is 5.91 Å². The minimum absolute atomic E-state index is 0.0228. The van der Waals surface area contributed by atoms with E-state index in [9.17, 15) is 18.0 Å². The Kier molecular flexibility index (Phi) is 6.03. The van der Waals surface area contributed by atoms with Crippen LogP contribution in [0.5, 0.6) is 5.75 Å². The Labute approximate surface area is 179 Å². The maximum atomic E-state index is 14.6. The van der Waals surface area contributed by atoms with Gasteiger partial charge in [-0.25, -0.2) is 18.2 Å². The Morgan fingerprint density at radius 1 is 1.10 bits per heavy atom. The lowest BCUT2D eigenvalue weighted by molar-refractivity contribution is 0.0944. The second kappa shape index (κ2) is 9.05. The van der Waals surface area contributed by atoms with E-state index in [1.54, 1.807) is 12.1 Å². The van der Waals surface area contributed by atoms with Crippen molar-refractivity contribution in [1.29, 1.82) is 0 Å². The van der Waals surface area contributed by atoms with Crippen molar-refractivity contribution in [2.24, 2.45) is 0 Å². The molecule has 4 rings (SSSR count). The first-order valence-corrected chi connectivity index (χ1v) is 10.0. The van der Waals surface area contributed by atoms with Crippen LogP contribution >= 0.6 is 11.3 Å². The van der Waals surface area contributed by atoms with Crippen LogP contribution in [0, 0.1) is 17.5 Å². The average molecular weight is 444 g/mol. The van der Waals surface area contributed by atoms with Crippen molar-refractivity contribution in [2.45, 2.75) is 13.2 Å². The zero-order valence-corrected chi connectivity index (χ0v) is 16.7. The van der Waals surface area contributed by atoms with Crippen LogP contribution in [0.3, 0.4) is 0 Å². The minimum atomic E-state index is -0.617. The van der Waals surface area contributed by atoms with Gasteiger partial charge in [0, 0.05) is 22.6 Å². The first kappa shape index (κ1) is 20.7. The fourth-order valence-electron chi connectivity index (χ4n) is 2.75. The fraction of sp³-hybridized carbons (Fsp3) is 0.0909. The van der Waals surface area contributed by atoms with Gasteiger partial charge in [0.2, 0.25) is 0 Å². The van der Waals surface area contributed by atoms with Crippen LogP contribution < -0.4 is 10.1 Å². The Hall–Kier alpha value is -3.59. The summed E-state index contributed by atoms with van der Waals surface area (Å²) >= 11 is 1.12. The van der Waals surface area contributed by atoms with Gasteiger partial charge in [-0.05, 0) is 42.5 Å². The van der Waals surface area contributed by atoms with Crippen LogP contribution in [0.15, 0.2) is 64.6 Å². The van der Waals surface area contributed by atoms with E-state index in [0.29, 0.717) is 10.8 Å². The van der Waals surface area contributed by atoms with Crippen molar-refractivity contribution in [3.05, 3.63) is 94.6 Å². The molecule has 5 nitrogen and oxygen atoms in total. The number of ether oxygens (including phenoxy) is 1. The normalized spacial score (nSPS) is 10.8. The summed E-state index contributed by atoms with van der Waals surface area (Å²) in [6.45, 7) is -0.0371. The second-order valence-electron chi connectivity index (χ2n) is 6.47. The maximum absolute atomic E-state index is 14.6. The number of hydrogen-bond acceptors (Lipinski definition) is 5. The van der Waals surface area contributed by atoms with E-state index in [-0.39, 0.29) is 35.7 Å². The van der Waals surface area contributed by atoms with Crippen LogP contribution in [0.4, 0.5) is 13.2 Å². The molecule has 158 valence electrons. The fourth-order valence-corrected chi connectivity index (χ4v) is 3.57. The Balaban J connectivity index is 1.42. The van der Waals surface area contributed by atoms with Gasteiger partial charge in [-0.3, -0.25) is 4.79 Å². The molecule has 31 heavy (non-hydrogen) atoms. The number of aromatic nitrogens is 1. The molecular formula is C22H15F3N2O3S. The van der Waals surface area contributed by atoms with Crippen LogP contribution in [0.25, 0.3) is 10.6 Å². The smallest absolute Gasteiger partial charge is 0.271 e. The van der Waals surface area contributed by atoms with Crippen LogP contribution in [-0.2, 0) is 13.2 Å². The molecule has 0 radical (unpaired) electrons. The lowest BCUT2D eigenvalue weighted by Gasteiger charge is -2.08. The summed E-state index contributed by atoms with van der Waals surface area (Å²) in [6, 6.07) is 10.6. The van der Waals surface area contributed by atoms with E-state index in [1.165, 1.54) is 23.8 Å². The van der Waals surface area contributed by atoms with Crippen LogP contribution in [0.1, 0.15) is 21.8 Å². The van der Waals surface area contributed by atoms with Gasteiger partial charge in [-0.15, -0.1) is 11.3 Å². The van der Waals surface area contributed by atoms with E-state index in [4.69, 9.17) is 9.15 Å². The molecule has 1 amide bonds. The van der Waals surface area contributed by atoms with Crippen LogP contribution in [-0.4, -0.2) is 10.9 Å². The Morgan fingerprint density at radius 3 is 2.74 bits per heavy atom. The monoisotopic (exact) mass is 444 g/mol. The van der Waals surface area contributed by atoms with Gasteiger partial charge in [0.1, 0.15) is 46.3 Å². The van der Waals surface area contributed by atoms with Crippen molar-refractivity contribution in [1.82, 2.24) is 10.3 Å². The summed E-state index contributed by atoms with van der Waals surface area (Å²) in [5.41, 5.74) is 0.377. The molecule has 0 atom stereocenters. The number of nitrogens with zero attached hydrogens (tertiary/aromatic N) is 1. The highest BCUT2D eigenvalue weighted by Gasteiger charge is 2.15. The van der Waals surface area contributed by atoms with Crippen LogP contribution in [0.2, 0.25) is 0 Å². The first-order chi connectivity index (χ1) is 15.0. The highest BCUT2D eigenvalue weighted by atomic mass is 32.1. The number of rotatable bonds is 7. The summed E-state index contributed by atoms with van der Waals surface area (Å²) in [7, 11) is 0. The summed E-state index contributed by atoms with van der Waals surface area (Å²) in [6.07, 6.45) is 1.51. The zero-order valence-electron chi connectivity index (χ0n) is 15.9. The molecule has 0 aliphatic rings. The lowest BCUT2D eigenvalue weighted by atomic mass is 10.2. The Bertz CT molecular complexity index is 1210. The number of benzene rings is 2. The first-order valence-electron chi connectivity index (χ1n) is 9.12. The van der Waals surface area contributed by atoms with E-state index in [2.05, 4.69) is 10.3 Å². The van der Waals surface area contributed by atoms with Crippen molar-refractivity contribution in [3.8, 4) is 16.3 Å². The zero-order chi connectivity index (χ0) is 21.8. The van der Waals surface area contributed by atoms with Gasteiger partial charge in [-0.2, -0.15) is 0 Å². The highest BCUT2D eigenvalue weighted by molar-refractivity contribution is 7.13. The molecule has 0 aliphatic carbocycles. The van der Waals surface area contributed by atoms with Gasteiger partial charge >= 0.3 is 0 Å². The third-order valence-electron chi connectivity index (χ3n) is 4.31. The molecular weight excluding hydrogens is 429 g/mol. The van der Waals surface area contributed by atoms with E-state index in [0.717, 1.165) is 35.6 Å². The molecule has 0 saturated carbocycles. The SMILES string of the molecule is O=C(NCc1ccco1)c1csc(-c2ccc(OCc3cc(F)ccc3F)cc2F)n1. The second-order valence-corrected chi connectivity index (χ2v) is 7.32. The summed E-state index contributed by atoms with van der Waals surface area (Å²) in [4.78, 5) is 16.4. The molecule has 0 unspecified atom stereocenters. The van der Waals surface area contributed by atoms with E-state index in [1.807, 2.05) is 0 Å². The van der Waals surface area contributed by atoms with Gasteiger partial charge in [0.15, 0.2) is 0 Å². The largest absolute Gasteiger partial charge is 0.489 e. The maximum Gasteiger partial charge on any atom is 0.271 e. The predicted molar refractivity (Wildman–Crippen MR) is 108 cm³/mol. The van der Waals surface area contributed by atoms with Crippen molar-refractivity contribution < 1.29 is 27.1 Å². The minimum Gasteiger partial charge on any atom is -0.489 e. The molecule has 2 aromatic heterocycles. The Morgan fingerprint density at radius 2 is 1.97 bits per heavy atom. The number of carbonyl (C=O) groups is 1. The molecule has 0 saturated heterocycles. The topological polar surface area (TPSA) is 64.4 Å². The molecule has 2 heterocycles. The number of furan rings is 1. The number of carbonyl (C=O) groups excluding carboxylic acids is 1. The number of amides is 1. The summed E-state index contributed by atoms with van der Waals surface area (Å²) in [5.74, 6) is -1.47. The van der Waals surface area contributed by atoms with Crippen molar-refractivity contribution in [2.75, 3.05) is 0 Å². The van der Waals surface area contributed by atoms with E-state index >= 15 is 0 Å². The molecule has 2 aromatic carbocycles. The molecule has 9 heteroatoms. The molecule has 0 spiro atoms. The van der Waals surface area contributed by atoms with E-state index < -0.39 is 23.4 Å². The lowest BCUT2D eigenvalue weighted by Crippen LogP contribution is -2.22. The van der Waals surface area contributed by atoms with Crippen molar-refractivity contribution in [3.63, 3.8) is 0 Å². The van der Waals surface area contributed by atoms with Gasteiger partial charge < -0.3 is 14.5 Å². The number of thiazole rings is 1. The van der Waals surface area contributed by atoms with Crippen molar-refractivity contribution >= 4 is 17.2 Å². The third-order valence-corrected chi connectivity index (χ3v) is 5.19. The quantitative estimate of drug-likeness (QED) is 0.419. The summed E-state index contributed by atoms with van der Waals surface area (Å²) in [5, 5.41) is 4.52. The number of hydrogen-bond donors (Lipinski definition) is 1. The summed E-state index contributed by atoms with van der Waals surface area (Å²) < 4.78 is 52.0. The third kappa shape index (κ3) is 4.95. The standard InChI is InChI=1S/C22H15F3N2O3S/c23-14-3-6-18(24)13(8-14)11-30-15-4-5-17(19(25)9-15)22-27-20(12-31-22)21(28)26-10-16-2-1-7-29-16/h1-9,12H,10-11H2,(H,26,28). The average Bonchev–Trinajstić information content (AvgIpc) is 3.45. The molecule has 0 fully saturated rings. The molecule has 0 bridgehead atoms. The molecule has 0 aliphatic heterocycles.